The average Bonchev–Trinajstić information content (AvgIpc) is 2.95. The lowest BCUT2D eigenvalue weighted by Crippen LogP contribution is -2.50. The van der Waals surface area contributed by atoms with Gasteiger partial charge in [-0.3, -0.25) is 4.79 Å². The molecule has 2 rings (SSSR count). The van der Waals surface area contributed by atoms with Gasteiger partial charge in [0, 0.05) is 6.54 Å². The van der Waals surface area contributed by atoms with E-state index in [-0.39, 0.29) is 11.9 Å². The van der Waals surface area contributed by atoms with Crippen LogP contribution in [0.3, 0.4) is 0 Å². The minimum Gasteiger partial charge on any atom is -0.388 e. The van der Waals surface area contributed by atoms with Crippen LogP contribution in [0.4, 0.5) is 0 Å². The van der Waals surface area contributed by atoms with Gasteiger partial charge < -0.3 is 15.1 Å². The fourth-order valence-corrected chi connectivity index (χ4v) is 3.10. The number of aliphatic hydroxyl groups is 2. The molecule has 2 N–H and O–H groups in total. The van der Waals surface area contributed by atoms with Crippen LogP contribution in [0, 0.1) is 5.92 Å². The van der Waals surface area contributed by atoms with Crippen molar-refractivity contribution in [2.24, 2.45) is 5.92 Å². The van der Waals surface area contributed by atoms with Crippen molar-refractivity contribution >= 4 is 5.91 Å². The first-order valence-corrected chi connectivity index (χ1v) is 7.58. The van der Waals surface area contributed by atoms with E-state index in [0.717, 1.165) is 18.4 Å². The third-order valence-electron chi connectivity index (χ3n) is 4.36. The molecule has 1 aromatic carbocycles. The van der Waals surface area contributed by atoms with Gasteiger partial charge in [-0.2, -0.15) is 0 Å². The number of likely N-dealkylation sites (tertiary alicyclic amines) is 1. The highest BCUT2D eigenvalue weighted by molar-refractivity contribution is 5.80. The van der Waals surface area contributed by atoms with Crippen molar-refractivity contribution in [2.75, 3.05) is 6.54 Å². The van der Waals surface area contributed by atoms with E-state index >= 15 is 0 Å². The molecule has 1 aliphatic heterocycles. The summed E-state index contributed by atoms with van der Waals surface area (Å²) in [7, 11) is 0. The van der Waals surface area contributed by atoms with Crippen LogP contribution < -0.4 is 0 Å². The van der Waals surface area contributed by atoms with Crippen molar-refractivity contribution in [1.82, 2.24) is 4.90 Å². The Kier molecular flexibility index (Phi) is 4.69. The van der Waals surface area contributed by atoms with Gasteiger partial charge in [-0.05, 0) is 32.3 Å². The van der Waals surface area contributed by atoms with Gasteiger partial charge in [-0.25, -0.2) is 0 Å². The molecule has 3 atom stereocenters. The van der Waals surface area contributed by atoms with Crippen LogP contribution in [-0.4, -0.2) is 39.2 Å². The van der Waals surface area contributed by atoms with Gasteiger partial charge in [-0.15, -0.1) is 0 Å². The molecule has 116 valence electrons. The molecule has 1 saturated heterocycles. The van der Waals surface area contributed by atoms with Crippen molar-refractivity contribution in [2.45, 2.75) is 51.4 Å². The average molecular weight is 291 g/mol. The second-order valence-corrected chi connectivity index (χ2v) is 6.49. The van der Waals surface area contributed by atoms with E-state index in [4.69, 9.17) is 0 Å². The first-order chi connectivity index (χ1) is 9.82. The van der Waals surface area contributed by atoms with Gasteiger partial charge in [0.1, 0.15) is 0 Å². The summed E-state index contributed by atoms with van der Waals surface area (Å²) in [5.41, 5.74) is -0.166. The van der Waals surface area contributed by atoms with Crippen molar-refractivity contribution in [3.05, 3.63) is 35.9 Å². The highest BCUT2D eigenvalue weighted by Gasteiger charge is 2.40. The van der Waals surface area contributed by atoms with Gasteiger partial charge in [0.2, 0.25) is 5.91 Å². The van der Waals surface area contributed by atoms with E-state index in [2.05, 4.69) is 0 Å². The minimum atomic E-state index is -0.913. The third-order valence-corrected chi connectivity index (χ3v) is 4.36. The maximum absolute atomic E-state index is 12.7. The molecule has 1 aliphatic rings. The Bertz CT molecular complexity index is 481. The van der Waals surface area contributed by atoms with Gasteiger partial charge in [0.05, 0.1) is 23.7 Å². The number of hydrogen-bond donors (Lipinski definition) is 2. The zero-order chi connectivity index (χ0) is 15.6. The number of benzene rings is 1. The van der Waals surface area contributed by atoms with Crippen LogP contribution in [0.25, 0.3) is 0 Å². The molecule has 4 heteroatoms. The quantitative estimate of drug-likeness (QED) is 0.893. The molecule has 1 heterocycles. The molecule has 1 amide bonds. The van der Waals surface area contributed by atoms with Crippen LogP contribution in [-0.2, 0) is 4.79 Å². The molecule has 0 aliphatic carbocycles. The van der Waals surface area contributed by atoms with E-state index in [1.807, 2.05) is 30.3 Å². The van der Waals surface area contributed by atoms with Crippen molar-refractivity contribution < 1.29 is 15.0 Å². The van der Waals surface area contributed by atoms with E-state index < -0.39 is 17.6 Å². The standard InChI is InChI=1S/C17H25NO3/c1-12(15(19)13-8-5-4-6-9-13)16(20)18-11-7-10-14(18)17(2,3)21/h4-6,8-9,12,14-15,19,21H,7,10-11H2,1-3H3/t12-,14-,15+/m0/s1. The zero-order valence-electron chi connectivity index (χ0n) is 13.0. The topological polar surface area (TPSA) is 60.8 Å². The Balaban J connectivity index is 2.12. The molecule has 0 radical (unpaired) electrons. The van der Waals surface area contributed by atoms with Crippen LogP contribution >= 0.6 is 0 Å². The fraction of sp³-hybridized carbons (Fsp3) is 0.588. The molecular formula is C17H25NO3. The molecule has 0 bridgehead atoms. The maximum atomic E-state index is 12.7. The van der Waals surface area contributed by atoms with Gasteiger partial charge in [-0.1, -0.05) is 37.3 Å². The molecule has 0 spiro atoms. The van der Waals surface area contributed by atoms with Crippen LogP contribution in [0.2, 0.25) is 0 Å². The van der Waals surface area contributed by atoms with Crippen LogP contribution in [0.5, 0.6) is 0 Å². The molecule has 1 aromatic rings. The Labute approximate surface area is 126 Å². The van der Waals surface area contributed by atoms with E-state index in [1.165, 1.54) is 0 Å². The molecule has 1 fully saturated rings. The minimum absolute atomic E-state index is 0.0871. The number of nitrogens with zero attached hydrogens (tertiary/aromatic N) is 1. The predicted molar refractivity (Wildman–Crippen MR) is 81.6 cm³/mol. The Morgan fingerprint density at radius 3 is 2.52 bits per heavy atom. The summed E-state index contributed by atoms with van der Waals surface area (Å²) in [6, 6.07) is 9.07. The van der Waals surface area contributed by atoms with E-state index in [9.17, 15) is 15.0 Å². The molecular weight excluding hydrogens is 266 g/mol. The van der Waals surface area contributed by atoms with Crippen LogP contribution in [0.15, 0.2) is 30.3 Å². The SMILES string of the molecule is C[C@H](C(=O)N1CCC[C@H]1C(C)(C)O)[C@@H](O)c1ccccc1. The Hall–Kier alpha value is -1.39. The third kappa shape index (κ3) is 3.44. The highest BCUT2D eigenvalue weighted by atomic mass is 16.3. The lowest BCUT2D eigenvalue weighted by Gasteiger charge is -2.36. The highest BCUT2D eigenvalue weighted by Crippen LogP contribution is 2.31. The number of hydrogen-bond acceptors (Lipinski definition) is 3. The van der Waals surface area contributed by atoms with E-state index in [1.54, 1.807) is 25.7 Å². The lowest BCUT2D eigenvalue weighted by atomic mass is 9.93. The van der Waals surface area contributed by atoms with Gasteiger partial charge in [0.25, 0.3) is 0 Å². The number of aliphatic hydroxyl groups excluding tert-OH is 1. The maximum Gasteiger partial charge on any atom is 0.228 e. The molecule has 21 heavy (non-hydrogen) atoms. The summed E-state index contributed by atoms with van der Waals surface area (Å²) in [5.74, 6) is -0.605. The zero-order valence-corrected chi connectivity index (χ0v) is 13.0. The summed E-state index contributed by atoms with van der Waals surface area (Å²) in [4.78, 5) is 14.4. The Morgan fingerprint density at radius 2 is 1.95 bits per heavy atom. The first-order valence-electron chi connectivity index (χ1n) is 7.58. The largest absolute Gasteiger partial charge is 0.388 e. The van der Waals surface area contributed by atoms with Crippen molar-refractivity contribution in [3.63, 3.8) is 0 Å². The van der Waals surface area contributed by atoms with Crippen molar-refractivity contribution in [3.8, 4) is 0 Å². The van der Waals surface area contributed by atoms with Crippen LogP contribution in [0.1, 0.15) is 45.3 Å². The smallest absolute Gasteiger partial charge is 0.228 e. The predicted octanol–water partition coefficient (Wildman–Crippen LogP) is 2.12. The summed E-state index contributed by atoms with van der Waals surface area (Å²) in [5, 5.41) is 20.6. The molecule has 4 nitrogen and oxygen atoms in total. The number of carbonyl (C=O) groups excluding carboxylic acids is 1. The number of amides is 1. The molecule has 0 unspecified atom stereocenters. The monoisotopic (exact) mass is 291 g/mol. The number of carbonyl (C=O) groups is 1. The Morgan fingerprint density at radius 1 is 1.33 bits per heavy atom. The van der Waals surface area contributed by atoms with Gasteiger partial charge in [0.15, 0.2) is 0 Å². The fourth-order valence-electron chi connectivity index (χ4n) is 3.10. The van der Waals surface area contributed by atoms with Crippen molar-refractivity contribution in [1.29, 1.82) is 0 Å². The summed E-state index contributed by atoms with van der Waals surface area (Å²) in [6.45, 7) is 5.88. The van der Waals surface area contributed by atoms with Gasteiger partial charge >= 0.3 is 0 Å². The lowest BCUT2D eigenvalue weighted by molar-refractivity contribution is -0.144. The molecule has 0 saturated carbocycles. The van der Waals surface area contributed by atoms with E-state index in [0.29, 0.717) is 6.54 Å². The summed E-state index contributed by atoms with van der Waals surface area (Å²) in [6.07, 6.45) is 0.888. The second kappa shape index (κ2) is 6.16. The summed E-state index contributed by atoms with van der Waals surface area (Å²) < 4.78 is 0. The second-order valence-electron chi connectivity index (χ2n) is 6.49. The summed E-state index contributed by atoms with van der Waals surface area (Å²) >= 11 is 0. The number of rotatable bonds is 4. The first kappa shape index (κ1) is 16.0. The molecule has 0 aromatic heterocycles. The normalized spacial score (nSPS) is 22.1.